The van der Waals surface area contributed by atoms with Gasteiger partial charge in [0.2, 0.25) is 0 Å². The van der Waals surface area contributed by atoms with Crippen LogP contribution in [0.15, 0.2) is 158 Å². The third-order valence-corrected chi connectivity index (χ3v) is 12.5. The topological polar surface area (TPSA) is 78.9 Å². The fraction of sp³-hybridized carbons (Fsp3) is 0.592. The zero-order valence-electron chi connectivity index (χ0n) is 49.4. The van der Waals surface area contributed by atoms with E-state index in [4.69, 9.17) is 14.2 Å². The van der Waals surface area contributed by atoms with Gasteiger partial charge in [-0.1, -0.05) is 262 Å². The smallest absolute Gasteiger partial charge is 0.306 e. The molecule has 0 amide bonds. The number of allylic oxidation sites excluding steroid dienone is 26. The standard InChI is InChI=1S/C71H112O6/c1-4-7-10-13-16-19-22-24-25-26-27-28-29-30-31-32-33-34-35-36-37-38-39-40-41-42-43-44-45-47-49-52-55-58-61-64-70(73)76-67-68(66-75-69(72)63-60-57-54-51-48-21-18-15-12-9-6-3)77-71(74)65-62-59-56-53-50-46-23-20-17-14-11-8-5-2/h7-8,10-11,15-20,24-25,27-28,30-31,33-34,36-37,39-40,46,50,56,59,68H,4-6,9,12-14,21-23,26,29,32,35,38,41-45,47-49,51-55,57-58,60-67H2,1-3H3/b10-7-,11-8-,18-15-,19-16-,20-17-,25-24-,28-27-,31-30-,34-33-,37-36-,40-39-,50-46-,59-56-. The van der Waals surface area contributed by atoms with Gasteiger partial charge in [0.1, 0.15) is 13.2 Å². The van der Waals surface area contributed by atoms with Gasteiger partial charge < -0.3 is 14.2 Å². The van der Waals surface area contributed by atoms with Gasteiger partial charge in [-0.05, 0) is 128 Å². The van der Waals surface area contributed by atoms with E-state index in [1.165, 1.54) is 70.6 Å². The highest BCUT2D eigenvalue weighted by atomic mass is 16.6. The molecule has 1 unspecified atom stereocenters. The molecule has 0 aliphatic rings. The third kappa shape index (κ3) is 61.8. The van der Waals surface area contributed by atoms with Crippen LogP contribution in [0.25, 0.3) is 0 Å². The van der Waals surface area contributed by atoms with Gasteiger partial charge in [0.05, 0.1) is 0 Å². The lowest BCUT2D eigenvalue weighted by Crippen LogP contribution is -2.30. The van der Waals surface area contributed by atoms with E-state index in [1.807, 2.05) is 12.2 Å². The van der Waals surface area contributed by atoms with Gasteiger partial charge in [-0.15, -0.1) is 0 Å². The Balaban J connectivity index is 4.22. The summed E-state index contributed by atoms with van der Waals surface area (Å²) in [7, 11) is 0. The normalized spacial score (nSPS) is 13.2. The molecule has 0 saturated heterocycles. The van der Waals surface area contributed by atoms with E-state index in [0.29, 0.717) is 19.3 Å². The minimum absolute atomic E-state index is 0.116. The summed E-state index contributed by atoms with van der Waals surface area (Å²) in [6.45, 7) is 6.28. The highest BCUT2D eigenvalue weighted by molar-refractivity contribution is 5.71. The first kappa shape index (κ1) is 72.0. The molecular formula is C71H112O6. The molecular weight excluding hydrogens is 949 g/mol. The van der Waals surface area contributed by atoms with Gasteiger partial charge >= 0.3 is 17.9 Å². The van der Waals surface area contributed by atoms with E-state index in [2.05, 4.69) is 167 Å². The van der Waals surface area contributed by atoms with Crippen LogP contribution in [-0.4, -0.2) is 37.2 Å². The number of hydrogen-bond donors (Lipinski definition) is 0. The van der Waals surface area contributed by atoms with Crippen molar-refractivity contribution >= 4 is 17.9 Å². The van der Waals surface area contributed by atoms with Crippen molar-refractivity contribution in [1.82, 2.24) is 0 Å². The fourth-order valence-electron chi connectivity index (χ4n) is 7.92. The van der Waals surface area contributed by atoms with Gasteiger partial charge in [-0.25, -0.2) is 0 Å². The average molecular weight is 1060 g/mol. The summed E-state index contributed by atoms with van der Waals surface area (Å²) in [6, 6.07) is 0. The predicted molar refractivity (Wildman–Crippen MR) is 334 cm³/mol. The van der Waals surface area contributed by atoms with Crippen LogP contribution in [-0.2, 0) is 28.6 Å². The second-order valence-corrected chi connectivity index (χ2v) is 19.8. The minimum atomic E-state index is -0.826. The van der Waals surface area contributed by atoms with Crippen LogP contribution >= 0.6 is 0 Å². The monoisotopic (exact) mass is 1060 g/mol. The Hall–Kier alpha value is -4.97. The number of unbranched alkanes of at least 4 members (excludes halogenated alkanes) is 17. The van der Waals surface area contributed by atoms with E-state index in [1.54, 1.807) is 0 Å². The Morgan fingerprint density at radius 2 is 0.532 bits per heavy atom. The summed E-state index contributed by atoms with van der Waals surface area (Å²) in [5.74, 6) is -1.02. The highest BCUT2D eigenvalue weighted by Crippen LogP contribution is 2.14. The van der Waals surface area contributed by atoms with Crippen LogP contribution in [0.1, 0.15) is 252 Å². The van der Waals surface area contributed by atoms with Gasteiger partial charge in [-0.3, -0.25) is 14.4 Å². The maximum Gasteiger partial charge on any atom is 0.306 e. The molecule has 77 heavy (non-hydrogen) atoms. The summed E-state index contributed by atoms with van der Waals surface area (Å²) in [4.78, 5) is 38.1. The van der Waals surface area contributed by atoms with Crippen molar-refractivity contribution in [2.45, 2.75) is 258 Å². The summed E-state index contributed by atoms with van der Waals surface area (Å²) in [6.07, 6.45) is 92.8. The van der Waals surface area contributed by atoms with Crippen molar-refractivity contribution in [3.8, 4) is 0 Å². The van der Waals surface area contributed by atoms with Crippen LogP contribution in [0.2, 0.25) is 0 Å². The van der Waals surface area contributed by atoms with Crippen LogP contribution in [0, 0.1) is 0 Å². The van der Waals surface area contributed by atoms with E-state index in [9.17, 15) is 14.4 Å². The van der Waals surface area contributed by atoms with Gasteiger partial charge in [0.15, 0.2) is 6.10 Å². The largest absolute Gasteiger partial charge is 0.462 e. The zero-order chi connectivity index (χ0) is 55.7. The molecule has 432 valence electrons. The molecule has 1 atom stereocenters. The number of carbonyl (C=O) groups is 3. The lowest BCUT2D eigenvalue weighted by atomic mass is 10.1. The van der Waals surface area contributed by atoms with Crippen molar-refractivity contribution in [2.24, 2.45) is 0 Å². The van der Waals surface area contributed by atoms with Crippen LogP contribution in [0.5, 0.6) is 0 Å². The Morgan fingerprint density at radius 1 is 0.273 bits per heavy atom. The first-order valence-corrected chi connectivity index (χ1v) is 31.0. The first-order chi connectivity index (χ1) is 38.0. The molecule has 0 aromatic rings. The zero-order valence-corrected chi connectivity index (χ0v) is 49.4. The lowest BCUT2D eigenvalue weighted by Gasteiger charge is -2.18. The van der Waals surface area contributed by atoms with E-state index in [-0.39, 0.29) is 31.6 Å². The summed E-state index contributed by atoms with van der Waals surface area (Å²) >= 11 is 0. The Bertz CT molecular complexity index is 1740. The van der Waals surface area contributed by atoms with Crippen LogP contribution < -0.4 is 0 Å². The number of rotatable bonds is 54. The molecule has 0 N–H and O–H groups in total. The minimum Gasteiger partial charge on any atom is -0.462 e. The van der Waals surface area contributed by atoms with Crippen molar-refractivity contribution in [3.05, 3.63) is 158 Å². The van der Waals surface area contributed by atoms with Crippen molar-refractivity contribution in [2.75, 3.05) is 13.2 Å². The molecule has 0 saturated carbocycles. The summed E-state index contributed by atoms with van der Waals surface area (Å²) in [5.41, 5.74) is 0. The second-order valence-electron chi connectivity index (χ2n) is 19.8. The maximum atomic E-state index is 12.8. The molecule has 6 heteroatoms. The number of esters is 3. The molecule has 6 nitrogen and oxygen atoms in total. The molecule has 0 rings (SSSR count). The molecule has 0 bridgehead atoms. The number of carbonyl (C=O) groups excluding carboxylic acids is 3. The van der Waals surface area contributed by atoms with E-state index in [0.717, 1.165) is 135 Å². The second kappa shape index (κ2) is 63.6. The molecule has 0 aliphatic carbocycles. The Labute approximate surface area is 473 Å². The predicted octanol–water partition coefficient (Wildman–Crippen LogP) is 21.3. The molecule has 0 aromatic carbocycles. The Morgan fingerprint density at radius 3 is 0.857 bits per heavy atom. The third-order valence-electron chi connectivity index (χ3n) is 12.5. The molecule has 0 aliphatic heterocycles. The van der Waals surface area contributed by atoms with Gasteiger partial charge in [0.25, 0.3) is 0 Å². The summed E-state index contributed by atoms with van der Waals surface area (Å²) < 4.78 is 16.7. The van der Waals surface area contributed by atoms with Crippen LogP contribution in [0.4, 0.5) is 0 Å². The van der Waals surface area contributed by atoms with Crippen molar-refractivity contribution in [1.29, 1.82) is 0 Å². The van der Waals surface area contributed by atoms with Crippen molar-refractivity contribution < 1.29 is 28.6 Å². The van der Waals surface area contributed by atoms with E-state index >= 15 is 0 Å². The quantitative estimate of drug-likeness (QED) is 0.0261. The van der Waals surface area contributed by atoms with Crippen molar-refractivity contribution in [3.63, 3.8) is 0 Å². The molecule has 0 radical (unpaired) electrons. The molecule has 0 aromatic heterocycles. The summed E-state index contributed by atoms with van der Waals surface area (Å²) in [5, 5.41) is 0. The van der Waals surface area contributed by atoms with E-state index < -0.39 is 12.1 Å². The SMILES string of the molecule is CC/C=C\C/C=C\C/C=C\C/C=C\C/C=C\C/C=C\C/C=C\C/C=C\CCCCCCCCCCCCC(=O)OCC(COC(=O)CCCCCCC/C=C\CCCC)OC(=O)CC/C=C\C/C=C\C/C=C\C/C=C\CC. The number of ether oxygens (including phenoxy) is 3. The number of hydrogen-bond acceptors (Lipinski definition) is 6. The van der Waals surface area contributed by atoms with Gasteiger partial charge in [-0.2, -0.15) is 0 Å². The highest BCUT2D eigenvalue weighted by Gasteiger charge is 2.19. The Kier molecular flexibility index (Phi) is 59.5. The maximum absolute atomic E-state index is 12.8. The molecule has 0 fully saturated rings. The molecule has 0 heterocycles. The molecule has 0 spiro atoms. The first-order valence-electron chi connectivity index (χ1n) is 31.0. The average Bonchev–Trinajstić information content (AvgIpc) is 3.43. The van der Waals surface area contributed by atoms with Gasteiger partial charge in [0, 0.05) is 19.3 Å². The lowest BCUT2D eigenvalue weighted by molar-refractivity contribution is -0.166. The van der Waals surface area contributed by atoms with Crippen LogP contribution in [0.3, 0.4) is 0 Å². The fourth-order valence-corrected chi connectivity index (χ4v) is 7.92.